The van der Waals surface area contributed by atoms with Crippen LogP contribution >= 0.6 is 0 Å². The molecule has 0 N–H and O–H groups in total. The summed E-state index contributed by atoms with van der Waals surface area (Å²) in [6, 6.07) is 0. The van der Waals surface area contributed by atoms with Gasteiger partial charge in [0.1, 0.15) is 6.61 Å². The second-order valence-electron chi connectivity index (χ2n) is 5.85. The molecule has 20 heavy (non-hydrogen) atoms. The van der Waals surface area contributed by atoms with Gasteiger partial charge in [0.05, 0.1) is 20.3 Å². The van der Waals surface area contributed by atoms with Crippen molar-refractivity contribution in [3.05, 3.63) is 12.2 Å². The average molecular weight is 298 g/mol. The molecule has 0 aliphatic heterocycles. The smallest absolute Gasteiger partial charge is 0.384 e. The van der Waals surface area contributed by atoms with Gasteiger partial charge in [-0.2, -0.15) is 0 Å². The normalized spacial score (nSPS) is 12.1. The number of hydrogen-bond acceptors (Lipinski definition) is 4. The molecule has 4 nitrogen and oxygen atoms in total. The number of ether oxygens (including phenoxy) is 2. The van der Waals surface area contributed by atoms with E-state index in [0.717, 1.165) is 0 Å². The molecule has 0 aliphatic rings. The Morgan fingerprint density at radius 1 is 1.20 bits per heavy atom. The zero-order valence-corrected chi connectivity index (χ0v) is 14.4. The third-order valence-electron chi connectivity index (χ3n) is 3.28. The molecule has 5 heteroatoms. The van der Waals surface area contributed by atoms with Crippen LogP contribution in [0.15, 0.2) is 12.2 Å². The van der Waals surface area contributed by atoms with Crippen molar-refractivity contribution in [2.24, 2.45) is 0 Å². The number of carbonyl (C=O) groups is 1. The molecule has 0 unspecified atom stereocenters. The summed E-state index contributed by atoms with van der Waals surface area (Å²) in [5, 5.41) is 0.223. The Kier molecular flexibility index (Phi) is 8.47. The number of esters is 1. The molecule has 114 valence electrons. The maximum Gasteiger partial charge on any atom is 0.384 e. The largest absolute Gasteiger partial charge is 0.459 e. The van der Waals surface area contributed by atoms with E-state index in [1.54, 1.807) is 0 Å². The minimum absolute atomic E-state index is 0.211. The molecule has 0 radical (unpaired) electrons. The molecule has 0 atom stereocenters. The van der Waals surface area contributed by atoms with Gasteiger partial charge in [0.25, 0.3) is 0 Å². The SMILES string of the molecule is COC(=O)C#CCOC/C=C\CO[Si](C)(C)C(C)(C)C. The van der Waals surface area contributed by atoms with Crippen molar-refractivity contribution >= 4 is 14.3 Å². The van der Waals surface area contributed by atoms with E-state index in [1.807, 2.05) is 12.2 Å². The lowest BCUT2D eigenvalue weighted by Gasteiger charge is -2.35. The fourth-order valence-corrected chi connectivity index (χ4v) is 1.89. The summed E-state index contributed by atoms with van der Waals surface area (Å²) < 4.78 is 15.6. The minimum Gasteiger partial charge on any atom is -0.459 e. The lowest BCUT2D eigenvalue weighted by molar-refractivity contribution is -0.133. The Morgan fingerprint density at radius 3 is 2.35 bits per heavy atom. The van der Waals surface area contributed by atoms with Crippen molar-refractivity contribution in [1.29, 1.82) is 0 Å². The highest BCUT2D eigenvalue weighted by Crippen LogP contribution is 2.36. The van der Waals surface area contributed by atoms with E-state index in [1.165, 1.54) is 7.11 Å². The summed E-state index contributed by atoms with van der Waals surface area (Å²) in [6.07, 6.45) is 3.85. The van der Waals surface area contributed by atoms with Crippen molar-refractivity contribution in [1.82, 2.24) is 0 Å². The molecule has 0 spiro atoms. The minimum atomic E-state index is -1.67. The predicted molar refractivity (Wildman–Crippen MR) is 82.9 cm³/mol. The number of carbonyl (C=O) groups excluding carboxylic acids is 1. The van der Waals surface area contributed by atoms with Crippen molar-refractivity contribution in [3.8, 4) is 11.8 Å². The van der Waals surface area contributed by atoms with Crippen LogP contribution in [-0.2, 0) is 18.7 Å². The molecule has 0 rings (SSSR count). The molecule has 0 bridgehead atoms. The lowest BCUT2D eigenvalue weighted by Crippen LogP contribution is -2.40. The molecule has 0 saturated heterocycles. The van der Waals surface area contributed by atoms with Gasteiger partial charge in [-0.15, -0.1) is 0 Å². The standard InChI is InChI=1S/C15H26O4Si/c1-15(2,3)20(5,6)19-13-8-7-11-18-12-9-10-14(16)17-4/h7-8H,11-13H2,1-6H3/b8-7-. The molecule has 0 saturated carbocycles. The van der Waals surface area contributed by atoms with Crippen LogP contribution in [0, 0.1) is 11.8 Å². The van der Waals surface area contributed by atoms with Gasteiger partial charge in [0, 0.05) is 5.92 Å². The van der Waals surface area contributed by atoms with Crippen LogP contribution in [0.1, 0.15) is 20.8 Å². The van der Waals surface area contributed by atoms with Gasteiger partial charge >= 0.3 is 5.97 Å². The monoisotopic (exact) mass is 298 g/mol. The van der Waals surface area contributed by atoms with E-state index < -0.39 is 14.3 Å². The van der Waals surface area contributed by atoms with E-state index in [2.05, 4.69) is 50.4 Å². The first kappa shape index (κ1) is 18.9. The second-order valence-corrected chi connectivity index (χ2v) is 10.7. The van der Waals surface area contributed by atoms with Gasteiger partial charge in [-0.3, -0.25) is 0 Å². The molecule has 0 aliphatic carbocycles. The highest BCUT2D eigenvalue weighted by Gasteiger charge is 2.36. The molecule has 0 fully saturated rings. The molecular formula is C15H26O4Si. The van der Waals surface area contributed by atoms with Gasteiger partial charge in [-0.05, 0) is 18.1 Å². The first-order chi connectivity index (χ1) is 9.20. The van der Waals surface area contributed by atoms with Gasteiger partial charge in [0.2, 0.25) is 0 Å². The fourth-order valence-electron chi connectivity index (χ4n) is 0.946. The lowest BCUT2D eigenvalue weighted by atomic mass is 10.2. The summed E-state index contributed by atoms with van der Waals surface area (Å²) in [5.41, 5.74) is 0. The van der Waals surface area contributed by atoms with Gasteiger partial charge in [0.15, 0.2) is 8.32 Å². The zero-order valence-electron chi connectivity index (χ0n) is 13.4. The zero-order chi connectivity index (χ0) is 15.6. The maximum absolute atomic E-state index is 10.7. The highest BCUT2D eigenvalue weighted by atomic mass is 28.4. The molecule has 0 aromatic rings. The Labute approximate surface area is 123 Å². The van der Waals surface area contributed by atoms with Gasteiger partial charge in [-0.1, -0.05) is 38.8 Å². The highest BCUT2D eigenvalue weighted by molar-refractivity contribution is 6.74. The molecule has 0 heterocycles. The average Bonchev–Trinajstić information content (AvgIpc) is 2.34. The third kappa shape index (κ3) is 8.15. The molecular weight excluding hydrogens is 272 g/mol. The predicted octanol–water partition coefficient (Wildman–Crippen LogP) is 2.76. The van der Waals surface area contributed by atoms with E-state index in [-0.39, 0.29) is 11.6 Å². The molecule has 0 aromatic carbocycles. The Balaban J connectivity index is 3.78. The molecule has 0 amide bonds. The summed E-state index contributed by atoms with van der Waals surface area (Å²) in [5.74, 6) is 4.31. The number of hydrogen-bond donors (Lipinski definition) is 0. The van der Waals surface area contributed by atoms with Crippen molar-refractivity contribution in [3.63, 3.8) is 0 Å². The maximum atomic E-state index is 10.7. The molecule has 0 aromatic heterocycles. The van der Waals surface area contributed by atoms with E-state index in [9.17, 15) is 4.79 Å². The van der Waals surface area contributed by atoms with E-state index in [0.29, 0.717) is 13.2 Å². The van der Waals surface area contributed by atoms with Crippen LogP contribution in [0.3, 0.4) is 0 Å². The Bertz CT molecular complexity index is 383. The van der Waals surface area contributed by atoms with Crippen LogP contribution < -0.4 is 0 Å². The summed E-state index contributed by atoms with van der Waals surface area (Å²) in [7, 11) is -0.374. The van der Waals surface area contributed by atoms with Crippen LogP contribution in [0.2, 0.25) is 18.1 Å². The first-order valence-electron chi connectivity index (χ1n) is 6.64. The fraction of sp³-hybridized carbons (Fsp3) is 0.667. The van der Waals surface area contributed by atoms with Crippen molar-refractivity contribution in [2.45, 2.75) is 38.9 Å². The second kappa shape index (κ2) is 8.96. The Hall–Kier alpha value is -1.09. The van der Waals surface area contributed by atoms with Crippen molar-refractivity contribution < 1.29 is 18.7 Å². The summed E-state index contributed by atoms with van der Waals surface area (Å²) >= 11 is 0. The quantitative estimate of drug-likeness (QED) is 0.189. The summed E-state index contributed by atoms with van der Waals surface area (Å²) in [4.78, 5) is 10.7. The summed E-state index contributed by atoms with van der Waals surface area (Å²) in [6.45, 7) is 12.4. The Morgan fingerprint density at radius 2 is 1.80 bits per heavy atom. The van der Waals surface area contributed by atoms with Crippen molar-refractivity contribution in [2.75, 3.05) is 26.9 Å². The van der Waals surface area contributed by atoms with Crippen LogP contribution in [0.5, 0.6) is 0 Å². The van der Waals surface area contributed by atoms with E-state index >= 15 is 0 Å². The van der Waals surface area contributed by atoms with Crippen LogP contribution in [-0.4, -0.2) is 41.2 Å². The number of rotatable bonds is 6. The van der Waals surface area contributed by atoms with Crippen LogP contribution in [0.4, 0.5) is 0 Å². The number of methoxy groups -OCH3 is 1. The van der Waals surface area contributed by atoms with Gasteiger partial charge < -0.3 is 13.9 Å². The van der Waals surface area contributed by atoms with E-state index in [4.69, 9.17) is 9.16 Å². The topological polar surface area (TPSA) is 44.8 Å². The third-order valence-corrected chi connectivity index (χ3v) is 7.78. The van der Waals surface area contributed by atoms with Crippen LogP contribution in [0.25, 0.3) is 0 Å². The van der Waals surface area contributed by atoms with Gasteiger partial charge in [-0.25, -0.2) is 4.79 Å². The first-order valence-corrected chi connectivity index (χ1v) is 9.55.